The summed E-state index contributed by atoms with van der Waals surface area (Å²) in [6, 6.07) is 9.53. The zero-order valence-corrected chi connectivity index (χ0v) is 11.3. The molecule has 0 saturated carbocycles. The second-order valence-electron chi connectivity index (χ2n) is 3.43. The van der Waals surface area contributed by atoms with Crippen molar-refractivity contribution in [2.24, 2.45) is 0 Å². The summed E-state index contributed by atoms with van der Waals surface area (Å²) in [6.45, 7) is 5.22. The number of hydrogen-bond donors (Lipinski definition) is 1. The maximum atomic E-state index is 9.41. The number of ether oxygens (including phenoxy) is 1. The lowest BCUT2D eigenvalue weighted by atomic mass is 10.3. The van der Waals surface area contributed by atoms with E-state index in [0.29, 0.717) is 0 Å². The van der Waals surface area contributed by atoms with Crippen LogP contribution in [-0.2, 0) is 10.7 Å². The van der Waals surface area contributed by atoms with Crippen LogP contribution in [0.1, 0.15) is 20.8 Å². The summed E-state index contributed by atoms with van der Waals surface area (Å²) in [5.74, 6) is 1.06. The molecular weight excluding hydrogens is 248 g/mol. The standard InChI is InChI=1S/C9H11ClO.C2H6O2S/c1-9(2,10)11-8-6-4-3-5-7-8;1-2-5(3)4/h3-7H,1-2H3;5H,2H2,1H3. The average Bonchev–Trinajstić information content (AvgIpc) is 2.17. The molecule has 0 aliphatic rings. The molecule has 0 saturated heterocycles. The molecule has 16 heavy (non-hydrogen) atoms. The lowest BCUT2D eigenvalue weighted by molar-refractivity contribution is 0.199. The molecule has 5 heteroatoms. The van der Waals surface area contributed by atoms with Gasteiger partial charge in [-0.25, -0.2) is 8.42 Å². The largest absolute Gasteiger partial charge is 0.473 e. The minimum atomic E-state index is -2.10. The van der Waals surface area contributed by atoms with E-state index in [1.165, 1.54) is 0 Å². The topological polar surface area (TPSA) is 43.4 Å². The molecule has 0 unspecified atom stereocenters. The monoisotopic (exact) mass is 264 g/mol. The highest BCUT2D eigenvalue weighted by Gasteiger charge is 2.13. The molecule has 0 N–H and O–H groups in total. The second kappa shape index (κ2) is 7.52. The van der Waals surface area contributed by atoms with Crippen LogP contribution in [-0.4, -0.2) is 19.2 Å². The van der Waals surface area contributed by atoms with Gasteiger partial charge in [-0.15, -0.1) is 0 Å². The Morgan fingerprint density at radius 3 is 2.00 bits per heavy atom. The van der Waals surface area contributed by atoms with Crippen LogP contribution in [0, 0.1) is 0 Å². The number of para-hydroxylation sites is 1. The molecule has 0 spiro atoms. The number of rotatable bonds is 3. The van der Waals surface area contributed by atoms with Crippen LogP contribution in [0.2, 0.25) is 0 Å². The van der Waals surface area contributed by atoms with E-state index in [4.69, 9.17) is 16.3 Å². The molecule has 0 bridgehead atoms. The number of thiol groups is 1. The number of halogens is 1. The van der Waals surface area contributed by atoms with Crippen molar-refractivity contribution in [2.75, 3.05) is 5.75 Å². The van der Waals surface area contributed by atoms with E-state index < -0.39 is 15.8 Å². The first-order valence-corrected chi connectivity index (χ1v) is 6.64. The minimum absolute atomic E-state index is 0.259. The van der Waals surface area contributed by atoms with Gasteiger partial charge in [0.25, 0.3) is 0 Å². The third-order valence-electron chi connectivity index (χ3n) is 1.36. The molecule has 0 aromatic heterocycles. The van der Waals surface area contributed by atoms with E-state index in [2.05, 4.69) is 0 Å². The van der Waals surface area contributed by atoms with Crippen molar-refractivity contribution >= 4 is 22.3 Å². The Balaban J connectivity index is 0.000000385. The third-order valence-corrected chi connectivity index (χ3v) is 1.96. The van der Waals surface area contributed by atoms with Crippen molar-refractivity contribution in [1.29, 1.82) is 0 Å². The van der Waals surface area contributed by atoms with Gasteiger partial charge in [-0.2, -0.15) is 0 Å². The molecule has 0 atom stereocenters. The zero-order chi connectivity index (χ0) is 12.6. The summed E-state index contributed by atoms with van der Waals surface area (Å²) in [6.07, 6.45) is 0. The average molecular weight is 265 g/mol. The summed E-state index contributed by atoms with van der Waals surface area (Å²) >= 11 is 5.85. The van der Waals surface area contributed by atoms with E-state index in [1.807, 2.05) is 44.2 Å². The van der Waals surface area contributed by atoms with Crippen molar-refractivity contribution in [3.63, 3.8) is 0 Å². The van der Waals surface area contributed by atoms with Crippen LogP contribution >= 0.6 is 11.6 Å². The van der Waals surface area contributed by atoms with Gasteiger partial charge in [0.2, 0.25) is 0 Å². The Kier molecular flexibility index (Phi) is 7.17. The molecule has 3 nitrogen and oxygen atoms in total. The lowest BCUT2D eigenvalue weighted by Gasteiger charge is -2.18. The summed E-state index contributed by atoms with van der Waals surface area (Å²) in [5.41, 5.74) is 0. The highest BCUT2D eigenvalue weighted by Crippen LogP contribution is 2.20. The van der Waals surface area contributed by atoms with Gasteiger partial charge in [0.1, 0.15) is 16.5 Å². The maximum absolute atomic E-state index is 9.41. The van der Waals surface area contributed by atoms with Gasteiger partial charge < -0.3 is 4.74 Å². The first-order chi connectivity index (χ1) is 7.35. The van der Waals surface area contributed by atoms with E-state index in [1.54, 1.807) is 6.92 Å². The summed E-state index contributed by atoms with van der Waals surface area (Å²) in [7, 11) is -2.10. The molecule has 1 rings (SSSR count). The molecule has 0 radical (unpaired) electrons. The van der Waals surface area contributed by atoms with Crippen LogP contribution in [0.3, 0.4) is 0 Å². The van der Waals surface area contributed by atoms with E-state index in [0.717, 1.165) is 5.75 Å². The van der Waals surface area contributed by atoms with Crippen LogP contribution in [0.15, 0.2) is 30.3 Å². The van der Waals surface area contributed by atoms with Gasteiger partial charge >= 0.3 is 0 Å². The number of hydrogen-bond acceptors (Lipinski definition) is 3. The SMILES string of the molecule is CC(C)(Cl)Oc1ccccc1.CC[SH](=O)=O. The van der Waals surface area contributed by atoms with Gasteiger partial charge in [0.15, 0.2) is 5.06 Å². The van der Waals surface area contributed by atoms with Gasteiger partial charge in [0, 0.05) is 5.75 Å². The van der Waals surface area contributed by atoms with Crippen LogP contribution < -0.4 is 4.74 Å². The summed E-state index contributed by atoms with van der Waals surface area (Å²) in [4.78, 5) is 0. The molecule has 92 valence electrons. The van der Waals surface area contributed by atoms with Crippen molar-refractivity contribution < 1.29 is 13.2 Å². The van der Waals surface area contributed by atoms with Crippen LogP contribution in [0.5, 0.6) is 5.75 Å². The predicted octanol–water partition coefficient (Wildman–Crippen LogP) is 2.66. The maximum Gasteiger partial charge on any atom is 0.176 e. The van der Waals surface area contributed by atoms with E-state index in [9.17, 15) is 8.42 Å². The van der Waals surface area contributed by atoms with Crippen molar-refractivity contribution in [3.05, 3.63) is 30.3 Å². The van der Waals surface area contributed by atoms with Crippen molar-refractivity contribution in [3.8, 4) is 5.75 Å². The van der Waals surface area contributed by atoms with Crippen LogP contribution in [0.25, 0.3) is 0 Å². The predicted molar refractivity (Wildman–Crippen MR) is 67.9 cm³/mol. The molecule has 1 aromatic carbocycles. The lowest BCUT2D eigenvalue weighted by Crippen LogP contribution is -2.19. The normalized spacial score (nSPS) is 10.6. The van der Waals surface area contributed by atoms with E-state index >= 15 is 0 Å². The summed E-state index contributed by atoms with van der Waals surface area (Å²) in [5, 5.41) is -0.624. The quantitative estimate of drug-likeness (QED) is 0.674. The fourth-order valence-electron chi connectivity index (χ4n) is 0.769. The Morgan fingerprint density at radius 2 is 1.69 bits per heavy atom. The molecular formula is C11H17ClO3S. The molecule has 0 fully saturated rings. The highest BCUT2D eigenvalue weighted by atomic mass is 35.5. The fourth-order valence-corrected chi connectivity index (χ4v) is 0.858. The van der Waals surface area contributed by atoms with Gasteiger partial charge in [-0.1, -0.05) is 36.7 Å². The third kappa shape index (κ3) is 9.80. The van der Waals surface area contributed by atoms with Crippen molar-refractivity contribution in [2.45, 2.75) is 25.8 Å². The van der Waals surface area contributed by atoms with Crippen molar-refractivity contribution in [1.82, 2.24) is 0 Å². The summed E-state index contributed by atoms with van der Waals surface area (Å²) < 4.78 is 24.2. The first-order valence-electron chi connectivity index (χ1n) is 4.90. The molecule has 0 aliphatic heterocycles. The van der Waals surface area contributed by atoms with Gasteiger partial charge in [-0.05, 0) is 26.0 Å². The second-order valence-corrected chi connectivity index (χ2v) is 5.64. The number of benzene rings is 1. The Labute approximate surface area is 103 Å². The molecule has 0 aliphatic carbocycles. The first kappa shape index (κ1) is 15.3. The zero-order valence-electron chi connectivity index (χ0n) is 9.64. The molecule has 0 heterocycles. The molecule has 0 amide bonds. The Bertz CT molecular complexity index is 347. The minimum Gasteiger partial charge on any atom is -0.473 e. The fraction of sp³-hybridized carbons (Fsp3) is 0.455. The van der Waals surface area contributed by atoms with Gasteiger partial charge in [0.05, 0.1) is 0 Å². The highest BCUT2D eigenvalue weighted by molar-refractivity contribution is 7.72. The number of alkyl halides is 1. The van der Waals surface area contributed by atoms with Gasteiger partial charge in [-0.3, -0.25) is 0 Å². The smallest absolute Gasteiger partial charge is 0.176 e. The Morgan fingerprint density at radius 1 is 1.25 bits per heavy atom. The van der Waals surface area contributed by atoms with E-state index in [-0.39, 0.29) is 5.75 Å². The van der Waals surface area contributed by atoms with Crippen LogP contribution in [0.4, 0.5) is 0 Å². The molecule has 1 aromatic rings. The Hall–Kier alpha value is -0.740.